The van der Waals surface area contributed by atoms with Crippen molar-refractivity contribution in [2.24, 2.45) is 5.92 Å². The number of piperidine rings is 1. The van der Waals surface area contributed by atoms with Crippen LogP contribution in [-0.4, -0.2) is 42.6 Å². The van der Waals surface area contributed by atoms with Crippen molar-refractivity contribution in [2.75, 3.05) is 13.1 Å². The van der Waals surface area contributed by atoms with Gasteiger partial charge in [0.1, 0.15) is 5.69 Å². The number of nitrogens with zero attached hydrogens (tertiary/aromatic N) is 1. The minimum absolute atomic E-state index is 0.255. The van der Waals surface area contributed by atoms with Crippen LogP contribution in [0.2, 0.25) is 0 Å². The Balaban J connectivity index is 1.55. The van der Waals surface area contributed by atoms with E-state index in [0.717, 1.165) is 10.0 Å². The van der Waals surface area contributed by atoms with E-state index in [1.807, 2.05) is 13.0 Å². The van der Waals surface area contributed by atoms with Crippen molar-refractivity contribution in [3.63, 3.8) is 0 Å². The van der Waals surface area contributed by atoms with Gasteiger partial charge >= 0.3 is 0 Å². The Morgan fingerprint density at radius 3 is 2.41 bits per heavy atom. The van der Waals surface area contributed by atoms with Crippen molar-refractivity contribution in [3.05, 3.63) is 51.8 Å². The molecule has 1 fully saturated rings. The average molecular weight is 483 g/mol. The van der Waals surface area contributed by atoms with Crippen LogP contribution in [0.5, 0.6) is 0 Å². The third-order valence-corrected chi connectivity index (χ3v) is 7.48. The standard InChI is InChI=1S/C19H23BrN4O4S/c1-12-3-4-17(13(2)9-12)29(27,28)24-7-5-14(6-8-24)18(25)22-23-19(26)16-10-15(20)11-21-16/h3-4,9-11,14,21H,5-8H2,1-2H3,(H,22,25)(H,23,26). The number of aromatic amines is 1. The van der Waals surface area contributed by atoms with Crippen molar-refractivity contribution < 1.29 is 18.0 Å². The van der Waals surface area contributed by atoms with E-state index in [1.165, 1.54) is 4.31 Å². The average Bonchev–Trinajstić information content (AvgIpc) is 3.12. The molecule has 3 rings (SSSR count). The maximum atomic E-state index is 12.9. The fraction of sp³-hybridized carbons (Fsp3) is 0.368. The number of rotatable bonds is 4. The molecule has 1 aromatic heterocycles. The van der Waals surface area contributed by atoms with E-state index in [0.29, 0.717) is 29.0 Å². The molecule has 0 spiro atoms. The van der Waals surface area contributed by atoms with Gasteiger partial charge in [0.25, 0.3) is 5.91 Å². The Kier molecular flexibility index (Phi) is 6.45. The normalized spacial score (nSPS) is 15.8. The summed E-state index contributed by atoms with van der Waals surface area (Å²) in [5.41, 5.74) is 6.81. The van der Waals surface area contributed by atoms with Crippen molar-refractivity contribution in [3.8, 4) is 0 Å². The van der Waals surface area contributed by atoms with Gasteiger partial charge in [-0.05, 0) is 60.3 Å². The highest BCUT2D eigenvalue weighted by Gasteiger charge is 2.33. The molecule has 29 heavy (non-hydrogen) atoms. The quantitative estimate of drug-likeness (QED) is 0.580. The maximum Gasteiger partial charge on any atom is 0.286 e. The number of halogens is 1. The smallest absolute Gasteiger partial charge is 0.286 e. The molecule has 1 aromatic carbocycles. The van der Waals surface area contributed by atoms with Crippen LogP contribution in [0, 0.1) is 19.8 Å². The first kappa shape index (κ1) is 21.5. The Morgan fingerprint density at radius 2 is 1.83 bits per heavy atom. The second kappa shape index (κ2) is 8.68. The molecule has 1 saturated heterocycles. The number of hydrazine groups is 1. The molecule has 0 radical (unpaired) electrons. The second-order valence-corrected chi connectivity index (χ2v) is 9.94. The summed E-state index contributed by atoms with van der Waals surface area (Å²) >= 11 is 3.24. The molecule has 2 aromatic rings. The second-order valence-electron chi connectivity index (χ2n) is 7.12. The van der Waals surface area contributed by atoms with Gasteiger partial charge in [0.2, 0.25) is 15.9 Å². The van der Waals surface area contributed by atoms with Gasteiger partial charge in [-0.1, -0.05) is 17.7 Å². The Hall–Kier alpha value is -2.17. The van der Waals surface area contributed by atoms with Gasteiger partial charge in [-0.25, -0.2) is 8.42 Å². The highest BCUT2D eigenvalue weighted by atomic mass is 79.9. The summed E-state index contributed by atoms with van der Waals surface area (Å²) in [6, 6.07) is 6.86. The maximum absolute atomic E-state index is 12.9. The summed E-state index contributed by atoms with van der Waals surface area (Å²) in [4.78, 5) is 27.4. The molecular weight excluding hydrogens is 460 g/mol. The molecule has 0 atom stereocenters. The van der Waals surface area contributed by atoms with E-state index in [9.17, 15) is 18.0 Å². The van der Waals surface area contributed by atoms with Gasteiger partial charge in [0.05, 0.1) is 4.90 Å². The summed E-state index contributed by atoms with van der Waals surface area (Å²) in [7, 11) is -3.59. The number of H-pyrrole nitrogens is 1. The number of carbonyl (C=O) groups is 2. The zero-order valence-corrected chi connectivity index (χ0v) is 18.6. The molecule has 1 aliphatic heterocycles. The molecule has 1 aliphatic rings. The van der Waals surface area contributed by atoms with Crippen LogP contribution in [0.3, 0.4) is 0 Å². The predicted octanol–water partition coefficient (Wildman–Crippen LogP) is 2.26. The fourth-order valence-corrected chi connectivity index (χ4v) is 5.39. The molecule has 2 amide bonds. The number of hydrogen-bond donors (Lipinski definition) is 3. The van der Waals surface area contributed by atoms with Crippen LogP contribution < -0.4 is 10.9 Å². The number of benzene rings is 1. The molecular formula is C19H23BrN4O4S. The predicted molar refractivity (Wildman–Crippen MR) is 112 cm³/mol. The molecule has 8 nitrogen and oxygen atoms in total. The molecule has 2 heterocycles. The van der Waals surface area contributed by atoms with Crippen molar-refractivity contribution >= 4 is 37.8 Å². The zero-order chi connectivity index (χ0) is 21.2. The first-order valence-electron chi connectivity index (χ1n) is 9.20. The molecule has 0 saturated carbocycles. The topological polar surface area (TPSA) is 111 Å². The van der Waals surface area contributed by atoms with E-state index >= 15 is 0 Å². The highest BCUT2D eigenvalue weighted by molar-refractivity contribution is 9.10. The lowest BCUT2D eigenvalue weighted by Gasteiger charge is -2.31. The molecule has 0 bridgehead atoms. The molecule has 10 heteroatoms. The molecule has 156 valence electrons. The van der Waals surface area contributed by atoms with Gasteiger partial charge in [0, 0.05) is 29.7 Å². The third kappa shape index (κ3) is 4.88. The van der Waals surface area contributed by atoms with E-state index < -0.39 is 15.9 Å². The van der Waals surface area contributed by atoms with Crippen LogP contribution in [-0.2, 0) is 14.8 Å². The van der Waals surface area contributed by atoms with Gasteiger partial charge < -0.3 is 4.98 Å². The molecule has 0 unspecified atom stereocenters. The van der Waals surface area contributed by atoms with Crippen LogP contribution >= 0.6 is 15.9 Å². The first-order chi connectivity index (χ1) is 13.7. The SMILES string of the molecule is Cc1ccc(S(=O)(=O)N2CCC(C(=O)NNC(=O)c3cc(Br)c[nH]3)CC2)c(C)c1. The number of carbonyl (C=O) groups excluding carboxylic acids is 2. The number of sulfonamides is 1. The van der Waals surface area contributed by atoms with Crippen LogP contribution in [0.25, 0.3) is 0 Å². The van der Waals surface area contributed by atoms with Crippen molar-refractivity contribution in [1.82, 2.24) is 20.1 Å². The van der Waals surface area contributed by atoms with Crippen LogP contribution in [0.15, 0.2) is 39.8 Å². The van der Waals surface area contributed by atoms with E-state index in [2.05, 4.69) is 31.8 Å². The van der Waals surface area contributed by atoms with Crippen molar-refractivity contribution in [1.29, 1.82) is 0 Å². The summed E-state index contributed by atoms with van der Waals surface area (Å²) in [6.07, 6.45) is 2.39. The molecule has 0 aliphatic carbocycles. The largest absolute Gasteiger partial charge is 0.356 e. The Morgan fingerprint density at radius 1 is 1.14 bits per heavy atom. The molecule has 3 N–H and O–H groups in total. The van der Waals surface area contributed by atoms with Gasteiger partial charge in [-0.2, -0.15) is 4.31 Å². The van der Waals surface area contributed by atoms with Crippen LogP contribution in [0.4, 0.5) is 0 Å². The van der Waals surface area contributed by atoms with E-state index in [1.54, 1.807) is 31.3 Å². The third-order valence-electron chi connectivity index (χ3n) is 4.96. The lowest BCUT2D eigenvalue weighted by molar-refractivity contribution is -0.126. The number of aromatic nitrogens is 1. The lowest BCUT2D eigenvalue weighted by atomic mass is 9.98. The van der Waals surface area contributed by atoms with Gasteiger partial charge in [-0.15, -0.1) is 0 Å². The minimum Gasteiger partial charge on any atom is -0.356 e. The monoisotopic (exact) mass is 482 g/mol. The number of amides is 2. The van der Waals surface area contributed by atoms with Crippen molar-refractivity contribution in [2.45, 2.75) is 31.6 Å². The zero-order valence-electron chi connectivity index (χ0n) is 16.2. The number of hydrogen-bond acceptors (Lipinski definition) is 4. The van der Waals surface area contributed by atoms with E-state index in [4.69, 9.17) is 0 Å². The number of nitrogens with one attached hydrogen (secondary N) is 3. The van der Waals surface area contributed by atoms with Gasteiger partial charge in [0.15, 0.2) is 0 Å². The minimum atomic E-state index is -3.59. The summed E-state index contributed by atoms with van der Waals surface area (Å²) in [6.45, 7) is 4.21. The Bertz CT molecular complexity index is 1030. The Labute approximate surface area is 178 Å². The first-order valence-corrected chi connectivity index (χ1v) is 11.4. The number of aryl methyl sites for hydroxylation is 2. The van der Waals surface area contributed by atoms with Gasteiger partial charge in [-0.3, -0.25) is 20.4 Å². The van der Waals surface area contributed by atoms with E-state index in [-0.39, 0.29) is 24.9 Å². The highest BCUT2D eigenvalue weighted by Crippen LogP contribution is 2.26. The lowest BCUT2D eigenvalue weighted by Crippen LogP contribution is -2.48. The summed E-state index contributed by atoms with van der Waals surface area (Å²) < 4.78 is 28.0. The fourth-order valence-electron chi connectivity index (χ4n) is 3.37. The summed E-state index contributed by atoms with van der Waals surface area (Å²) in [5, 5.41) is 0. The van der Waals surface area contributed by atoms with Crippen LogP contribution in [0.1, 0.15) is 34.5 Å². The summed E-state index contributed by atoms with van der Waals surface area (Å²) in [5.74, 6) is -1.15.